The number of para-hydroxylation sites is 2. The number of amides is 1. The second-order valence-corrected chi connectivity index (χ2v) is 9.63. The zero-order valence-electron chi connectivity index (χ0n) is 18.3. The van der Waals surface area contributed by atoms with Crippen LogP contribution in [0.2, 0.25) is 5.02 Å². The topological polar surface area (TPSA) is 66.9 Å². The molecule has 1 atom stereocenters. The molecule has 0 bridgehead atoms. The third kappa shape index (κ3) is 4.59. The summed E-state index contributed by atoms with van der Waals surface area (Å²) < 4.78 is 33.0. The van der Waals surface area contributed by atoms with Gasteiger partial charge in [0.2, 0.25) is 0 Å². The maximum Gasteiger partial charge on any atom is 0.265 e. The highest BCUT2D eigenvalue weighted by Gasteiger charge is 2.27. The largest absolute Gasteiger partial charge is 0.496 e. The Hall–Kier alpha value is -3.03. The Balaban J connectivity index is 1.95. The first kappa shape index (κ1) is 23.6. The van der Waals surface area contributed by atoms with Crippen LogP contribution >= 0.6 is 11.6 Å². The summed E-state index contributed by atoms with van der Waals surface area (Å²) in [4.78, 5) is 14.6. The van der Waals surface area contributed by atoms with Gasteiger partial charge in [0.1, 0.15) is 10.6 Å². The zero-order chi connectivity index (χ0) is 23.5. The fourth-order valence-corrected chi connectivity index (χ4v) is 5.05. The van der Waals surface area contributed by atoms with Gasteiger partial charge in [0, 0.05) is 25.2 Å². The van der Waals surface area contributed by atoms with Crippen LogP contribution in [0.5, 0.6) is 5.75 Å². The van der Waals surface area contributed by atoms with E-state index in [0.717, 1.165) is 9.87 Å². The quantitative estimate of drug-likeness (QED) is 0.485. The van der Waals surface area contributed by atoms with E-state index in [1.807, 2.05) is 31.2 Å². The molecule has 1 unspecified atom stereocenters. The SMILES string of the molecule is COc1ccccc1C(C)N(C)C(=O)c1ccc(Cl)c(S(=O)(=O)N(C)c2ccccc2)c1. The van der Waals surface area contributed by atoms with Crippen molar-refractivity contribution in [2.24, 2.45) is 0 Å². The van der Waals surface area contributed by atoms with Gasteiger partial charge in [-0.2, -0.15) is 0 Å². The molecule has 1 amide bonds. The van der Waals surface area contributed by atoms with Crippen LogP contribution < -0.4 is 9.04 Å². The van der Waals surface area contributed by atoms with Crippen LogP contribution in [-0.4, -0.2) is 40.4 Å². The second-order valence-electron chi connectivity index (χ2n) is 7.29. The summed E-state index contributed by atoms with van der Waals surface area (Å²) in [6, 6.07) is 20.1. The van der Waals surface area contributed by atoms with E-state index in [0.29, 0.717) is 11.4 Å². The highest BCUT2D eigenvalue weighted by Crippen LogP contribution is 2.31. The number of nitrogens with zero attached hydrogens (tertiary/aromatic N) is 2. The normalized spacial score (nSPS) is 12.2. The van der Waals surface area contributed by atoms with E-state index in [1.54, 1.807) is 49.4 Å². The van der Waals surface area contributed by atoms with E-state index in [-0.39, 0.29) is 27.4 Å². The second kappa shape index (κ2) is 9.63. The minimum absolute atomic E-state index is 0.0461. The molecule has 0 spiro atoms. The maximum atomic E-state index is 13.2. The predicted molar refractivity (Wildman–Crippen MR) is 127 cm³/mol. The molecule has 0 aliphatic rings. The maximum absolute atomic E-state index is 13.2. The van der Waals surface area contributed by atoms with Crippen molar-refractivity contribution in [3.8, 4) is 5.75 Å². The van der Waals surface area contributed by atoms with E-state index >= 15 is 0 Å². The van der Waals surface area contributed by atoms with Crippen LogP contribution in [0.15, 0.2) is 77.7 Å². The van der Waals surface area contributed by atoms with Crippen molar-refractivity contribution in [2.75, 3.05) is 25.5 Å². The molecule has 168 valence electrons. The van der Waals surface area contributed by atoms with Gasteiger partial charge in [-0.25, -0.2) is 8.42 Å². The number of sulfonamides is 1. The molecule has 3 aromatic rings. The third-order valence-electron chi connectivity index (χ3n) is 5.43. The molecule has 8 heteroatoms. The first-order valence-corrected chi connectivity index (χ1v) is 11.7. The minimum atomic E-state index is -3.98. The zero-order valence-corrected chi connectivity index (χ0v) is 19.9. The number of methoxy groups -OCH3 is 1. The summed E-state index contributed by atoms with van der Waals surface area (Å²) in [6.07, 6.45) is 0. The fourth-order valence-electron chi connectivity index (χ4n) is 3.36. The number of halogens is 1. The number of carbonyl (C=O) groups is 1. The molecule has 6 nitrogen and oxygen atoms in total. The number of ether oxygens (including phenoxy) is 1. The molecular weight excluding hydrogens is 448 g/mol. The molecule has 0 aliphatic heterocycles. The Bertz CT molecular complexity index is 1220. The molecule has 0 aliphatic carbocycles. The van der Waals surface area contributed by atoms with E-state index in [4.69, 9.17) is 16.3 Å². The van der Waals surface area contributed by atoms with Gasteiger partial charge >= 0.3 is 0 Å². The molecule has 0 heterocycles. The lowest BCUT2D eigenvalue weighted by molar-refractivity contribution is 0.0741. The summed E-state index contributed by atoms with van der Waals surface area (Å²) in [6.45, 7) is 1.88. The highest BCUT2D eigenvalue weighted by molar-refractivity contribution is 7.93. The first-order valence-electron chi connectivity index (χ1n) is 9.92. The molecular formula is C24H25ClN2O4S. The fraction of sp³-hybridized carbons (Fsp3) is 0.208. The van der Waals surface area contributed by atoms with Gasteiger partial charge in [0.15, 0.2) is 0 Å². The van der Waals surface area contributed by atoms with Gasteiger partial charge < -0.3 is 9.64 Å². The van der Waals surface area contributed by atoms with Crippen LogP contribution in [0.4, 0.5) is 5.69 Å². The summed E-state index contributed by atoms with van der Waals surface area (Å²) in [5, 5.41) is 0.0461. The summed E-state index contributed by atoms with van der Waals surface area (Å²) in [5.41, 5.74) is 1.55. The van der Waals surface area contributed by atoms with Crippen molar-refractivity contribution in [3.05, 3.63) is 88.9 Å². The molecule has 0 fully saturated rings. The molecule has 32 heavy (non-hydrogen) atoms. The number of carbonyl (C=O) groups excluding carboxylic acids is 1. The molecule has 3 rings (SSSR count). The summed E-state index contributed by atoms with van der Waals surface area (Å²) >= 11 is 6.25. The van der Waals surface area contributed by atoms with Crippen LogP contribution in [0.1, 0.15) is 28.9 Å². The lowest BCUT2D eigenvalue weighted by Crippen LogP contribution is -2.31. The monoisotopic (exact) mass is 472 g/mol. The molecule has 0 saturated carbocycles. The number of rotatable bonds is 7. The minimum Gasteiger partial charge on any atom is -0.496 e. The Morgan fingerprint density at radius 3 is 2.25 bits per heavy atom. The molecule has 0 radical (unpaired) electrons. The molecule has 0 aromatic heterocycles. The van der Waals surface area contributed by atoms with Gasteiger partial charge in [-0.1, -0.05) is 48.0 Å². The highest BCUT2D eigenvalue weighted by atomic mass is 35.5. The first-order chi connectivity index (χ1) is 15.2. The lowest BCUT2D eigenvalue weighted by atomic mass is 10.0. The van der Waals surface area contributed by atoms with E-state index in [2.05, 4.69) is 0 Å². The van der Waals surface area contributed by atoms with Crippen LogP contribution in [0.3, 0.4) is 0 Å². The van der Waals surface area contributed by atoms with E-state index < -0.39 is 10.0 Å². The smallest absolute Gasteiger partial charge is 0.265 e. The van der Waals surface area contributed by atoms with Crippen molar-refractivity contribution in [1.29, 1.82) is 0 Å². The van der Waals surface area contributed by atoms with Crippen LogP contribution in [-0.2, 0) is 10.0 Å². The van der Waals surface area contributed by atoms with E-state index in [1.165, 1.54) is 25.2 Å². The Morgan fingerprint density at radius 2 is 1.59 bits per heavy atom. The molecule has 3 aromatic carbocycles. The number of anilines is 1. The van der Waals surface area contributed by atoms with Gasteiger partial charge in [-0.15, -0.1) is 0 Å². The summed E-state index contributed by atoms with van der Waals surface area (Å²) in [5.74, 6) is 0.336. The Labute approximate surface area is 194 Å². The van der Waals surface area contributed by atoms with Gasteiger partial charge in [-0.3, -0.25) is 9.10 Å². The van der Waals surface area contributed by atoms with Crippen LogP contribution in [0, 0.1) is 0 Å². The number of benzene rings is 3. The van der Waals surface area contributed by atoms with Crippen molar-refractivity contribution >= 4 is 33.2 Å². The lowest BCUT2D eigenvalue weighted by Gasteiger charge is -2.27. The van der Waals surface area contributed by atoms with Crippen LogP contribution in [0.25, 0.3) is 0 Å². The van der Waals surface area contributed by atoms with Crippen molar-refractivity contribution < 1.29 is 17.9 Å². The Morgan fingerprint density at radius 1 is 0.969 bits per heavy atom. The summed E-state index contributed by atoms with van der Waals surface area (Å²) in [7, 11) is 0.714. The predicted octanol–water partition coefficient (Wildman–Crippen LogP) is 5.01. The third-order valence-corrected chi connectivity index (χ3v) is 7.69. The van der Waals surface area contributed by atoms with Gasteiger partial charge in [-0.05, 0) is 43.3 Å². The molecule has 0 saturated heterocycles. The standard InChI is InChI=1S/C24H25ClN2O4S/c1-17(20-12-8-9-13-22(20)31-4)26(2)24(28)18-14-15-21(25)23(16-18)32(29,30)27(3)19-10-6-5-7-11-19/h5-17H,1-4H3. The van der Waals surface area contributed by atoms with Gasteiger partial charge in [0.05, 0.1) is 23.9 Å². The van der Waals surface area contributed by atoms with E-state index in [9.17, 15) is 13.2 Å². The number of hydrogen-bond donors (Lipinski definition) is 0. The average molecular weight is 473 g/mol. The van der Waals surface area contributed by atoms with Crippen molar-refractivity contribution in [1.82, 2.24) is 4.90 Å². The average Bonchev–Trinajstić information content (AvgIpc) is 2.82. The van der Waals surface area contributed by atoms with Crippen molar-refractivity contribution in [2.45, 2.75) is 17.9 Å². The van der Waals surface area contributed by atoms with Gasteiger partial charge in [0.25, 0.3) is 15.9 Å². The Kier molecular flexibility index (Phi) is 7.11. The molecule has 0 N–H and O–H groups in total. The van der Waals surface area contributed by atoms with Crippen molar-refractivity contribution in [3.63, 3.8) is 0 Å². The number of hydrogen-bond acceptors (Lipinski definition) is 4.